The summed E-state index contributed by atoms with van der Waals surface area (Å²) in [5.74, 6) is 1.09. The molecule has 2 heterocycles. The fraction of sp³-hybridized carbons (Fsp3) is 0.190. The standard InChI is InChI=1S/C21H19ClN4O2/c1-3-18(27)26-9-10-28-20-17(26)8-7-16-19(20)21(25-12-24-16)23-11-14-5-4-6-15(22)13(14)2/h3-8,12H,1,9-11H2,2H3,(H,23,24,25). The summed E-state index contributed by atoms with van der Waals surface area (Å²) in [4.78, 5) is 22.6. The van der Waals surface area contributed by atoms with Gasteiger partial charge in [0.05, 0.1) is 23.1 Å². The fourth-order valence-electron chi connectivity index (χ4n) is 3.32. The van der Waals surface area contributed by atoms with Gasteiger partial charge in [0.2, 0.25) is 0 Å². The van der Waals surface area contributed by atoms with E-state index in [4.69, 9.17) is 16.3 Å². The Morgan fingerprint density at radius 2 is 2.21 bits per heavy atom. The molecule has 6 nitrogen and oxygen atoms in total. The van der Waals surface area contributed by atoms with E-state index in [1.165, 1.54) is 12.4 Å². The van der Waals surface area contributed by atoms with Gasteiger partial charge in [-0.2, -0.15) is 0 Å². The average molecular weight is 395 g/mol. The van der Waals surface area contributed by atoms with Crippen LogP contribution in [-0.4, -0.2) is 29.0 Å². The summed E-state index contributed by atoms with van der Waals surface area (Å²) in [6.45, 7) is 7.00. The third kappa shape index (κ3) is 3.16. The largest absolute Gasteiger partial charge is 0.489 e. The van der Waals surface area contributed by atoms with E-state index in [1.54, 1.807) is 4.90 Å². The van der Waals surface area contributed by atoms with Gasteiger partial charge in [-0.1, -0.05) is 30.3 Å². The summed E-state index contributed by atoms with van der Waals surface area (Å²) in [6, 6.07) is 9.53. The normalized spacial score (nSPS) is 13.0. The smallest absolute Gasteiger partial charge is 0.250 e. The number of carbonyl (C=O) groups excluding carboxylic acids is 1. The molecule has 4 rings (SSSR count). The van der Waals surface area contributed by atoms with Gasteiger partial charge < -0.3 is 15.0 Å². The average Bonchev–Trinajstić information content (AvgIpc) is 2.73. The summed E-state index contributed by atoms with van der Waals surface area (Å²) < 4.78 is 5.93. The molecule has 0 saturated carbocycles. The first-order chi connectivity index (χ1) is 13.6. The minimum absolute atomic E-state index is 0.162. The second kappa shape index (κ2) is 7.48. The first-order valence-electron chi connectivity index (χ1n) is 8.92. The molecule has 142 valence electrons. The lowest BCUT2D eigenvalue weighted by Gasteiger charge is -2.29. The maximum atomic E-state index is 12.2. The summed E-state index contributed by atoms with van der Waals surface area (Å²) in [5, 5.41) is 4.85. The molecule has 0 radical (unpaired) electrons. The Bertz CT molecular complexity index is 1080. The van der Waals surface area contributed by atoms with Crippen LogP contribution in [0.2, 0.25) is 5.02 Å². The highest BCUT2D eigenvalue weighted by Gasteiger charge is 2.25. The number of fused-ring (bicyclic) bond motifs is 3. The Morgan fingerprint density at radius 3 is 3.04 bits per heavy atom. The van der Waals surface area contributed by atoms with E-state index in [2.05, 4.69) is 21.9 Å². The van der Waals surface area contributed by atoms with Crippen molar-refractivity contribution in [2.24, 2.45) is 0 Å². The van der Waals surface area contributed by atoms with Crippen molar-refractivity contribution in [3.63, 3.8) is 0 Å². The van der Waals surface area contributed by atoms with Gasteiger partial charge in [0.25, 0.3) is 5.91 Å². The Balaban J connectivity index is 1.76. The van der Waals surface area contributed by atoms with Crippen molar-refractivity contribution in [2.75, 3.05) is 23.4 Å². The number of anilines is 2. The lowest BCUT2D eigenvalue weighted by Crippen LogP contribution is -2.36. The van der Waals surface area contributed by atoms with E-state index in [9.17, 15) is 4.79 Å². The quantitative estimate of drug-likeness (QED) is 0.674. The van der Waals surface area contributed by atoms with Crippen molar-refractivity contribution in [3.05, 3.63) is 65.5 Å². The van der Waals surface area contributed by atoms with Crippen molar-refractivity contribution in [1.82, 2.24) is 9.97 Å². The highest BCUT2D eigenvalue weighted by Crippen LogP contribution is 2.40. The predicted molar refractivity (Wildman–Crippen MR) is 111 cm³/mol. The molecule has 0 fully saturated rings. The molecule has 1 aliphatic heterocycles. The van der Waals surface area contributed by atoms with Crippen molar-refractivity contribution >= 4 is 39.9 Å². The number of hydrogen-bond donors (Lipinski definition) is 1. The summed E-state index contributed by atoms with van der Waals surface area (Å²) in [7, 11) is 0. The number of ether oxygens (including phenoxy) is 1. The van der Waals surface area contributed by atoms with Crippen LogP contribution in [0.25, 0.3) is 10.9 Å². The molecular formula is C21H19ClN4O2. The SMILES string of the molecule is C=CC(=O)N1CCOc2c1ccc1ncnc(NCc3cccc(Cl)c3C)c21. The van der Waals surface area contributed by atoms with E-state index in [-0.39, 0.29) is 5.91 Å². The molecule has 7 heteroatoms. The van der Waals surface area contributed by atoms with Crippen LogP contribution in [0.1, 0.15) is 11.1 Å². The second-order valence-electron chi connectivity index (χ2n) is 6.45. The number of halogens is 1. The van der Waals surface area contributed by atoms with Gasteiger partial charge in [0.15, 0.2) is 5.75 Å². The highest BCUT2D eigenvalue weighted by molar-refractivity contribution is 6.31. The van der Waals surface area contributed by atoms with Crippen molar-refractivity contribution in [3.8, 4) is 5.75 Å². The van der Waals surface area contributed by atoms with Gasteiger partial charge in [-0.15, -0.1) is 0 Å². The van der Waals surface area contributed by atoms with Crippen LogP contribution in [0.5, 0.6) is 5.75 Å². The first-order valence-corrected chi connectivity index (χ1v) is 9.30. The maximum Gasteiger partial charge on any atom is 0.250 e. The Hall–Kier alpha value is -3.12. The van der Waals surface area contributed by atoms with Crippen LogP contribution in [0.15, 0.2) is 49.3 Å². The molecule has 0 aliphatic carbocycles. The molecule has 1 aliphatic rings. The molecular weight excluding hydrogens is 376 g/mol. The first kappa shape index (κ1) is 18.3. The minimum atomic E-state index is -0.162. The number of benzene rings is 2. The summed E-state index contributed by atoms with van der Waals surface area (Å²) >= 11 is 6.23. The van der Waals surface area contributed by atoms with Gasteiger partial charge in [-0.05, 0) is 42.3 Å². The zero-order chi connectivity index (χ0) is 19.7. The number of nitrogens with zero attached hydrogens (tertiary/aromatic N) is 3. The molecule has 2 aromatic carbocycles. The Morgan fingerprint density at radius 1 is 1.36 bits per heavy atom. The van der Waals surface area contributed by atoms with Crippen LogP contribution in [0, 0.1) is 6.92 Å². The number of nitrogens with one attached hydrogen (secondary N) is 1. The zero-order valence-corrected chi connectivity index (χ0v) is 16.2. The molecule has 1 N–H and O–H groups in total. The fourth-order valence-corrected chi connectivity index (χ4v) is 3.52. The topological polar surface area (TPSA) is 67.4 Å². The molecule has 0 unspecified atom stereocenters. The monoisotopic (exact) mass is 394 g/mol. The van der Waals surface area contributed by atoms with Crippen molar-refractivity contribution < 1.29 is 9.53 Å². The number of amides is 1. The van der Waals surface area contributed by atoms with Crippen LogP contribution in [0.4, 0.5) is 11.5 Å². The van der Waals surface area contributed by atoms with Crippen LogP contribution >= 0.6 is 11.6 Å². The van der Waals surface area contributed by atoms with Gasteiger partial charge in [-0.25, -0.2) is 9.97 Å². The molecule has 0 spiro atoms. The zero-order valence-electron chi connectivity index (χ0n) is 15.4. The number of rotatable bonds is 4. The van der Waals surface area contributed by atoms with Gasteiger partial charge >= 0.3 is 0 Å². The van der Waals surface area contributed by atoms with Gasteiger partial charge in [0, 0.05) is 11.6 Å². The molecule has 1 amide bonds. The van der Waals surface area contributed by atoms with E-state index in [0.29, 0.717) is 37.0 Å². The molecule has 0 bridgehead atoms. The van der Waals surface area contributed by atoms with E-state index in [0.717, 1.165) is 27.1 Å². The number of aromatic nitrogens is 2. The number of carbonyl (C=O) groups is 1. The maximum absolute atomic E-state index is 12.2. The molecule has 28 heavy (non-hydrogen) atoms. The molecule has 0 saturated heterocycles. The predicted octanol–water partition coefficient (Wildman–Crippen LogP) is 4.12. The van der Waals surface area contributed by atoms with Crippen LogP contribution < -0.4 is 15.0 Å². The third-order valence-electron chi connectivity index (χ3n) is 4.85. The second-order valence-corrected chi connectivity index (χ2v) is 6.86. The van der Waals surface area contributed by atoms with Gasteiger partial charge in [0.1, 0.15) is 18.8 Å². The molecule has 1 aromatic heterocycles. The van der Waals surface area contributed by atoms with Crippen molar-refractivity contribution in [2.45, 2.75) is 13.5 Å². The van der Waals surface area contributed by atoms with Crippen LogP contribution in [-0.2, 0) is 11.3 Å². The van der Waals surface area contributed by atoms with E-state index in [1.807, 2.05) is 37.3 Å². The summed E-state index contributed by atoms with van der Waals surface area (Å²) in [6.07, 6.45) is 2.82. The third-order valence-corrected chi connectivity index (χ3v) is 5.26. The van der Waals surface area contributed by atoms with E-state index >= 15 is 0 Å². The lowest BCUT2D eigenvalue weighted by molar-refractivity contribution is -0.114. The molecule has 0 atom stereocenters. The van der Waals surface area contributed by atoms with Crippen molar-refractivity contribution in [1.29, 1.82) is 0 Å². The Kier molecular flexibility index (Phi) is 4.88. The van der Waals surface area contributed by atoms with Crippen LogP contribution in [0.3, 0.4) is 0 Å². The highest BCUT2D eigenvalue weighted by atomic mass is 35.5. The molecule has 3 aromatic rings. The number of hydrogen-bond acceptors (Lipinski definition) is 5. The Labute approximate surface area is 167 Å². The lowest BCUT2D eigenvalue weighted by atomic mass is 10.1. The summed E-state index contributed by atoms with van der Waals surface area (Å²) in [5.41, 5.74) is 3.54. The van der Waals surface area contributed by atoms with Gasteiger partial charge in [-0.3, -0.25) is 4.79 Å². The minimum Gasteiger partial charge on any atom is -0.489 e. The van der Waals surface area contributed by atoms with E-state index < -0.39 is 0 Å².